The van der Waals surface area contributed by atoms with Gasteiger partial charge in [0.15, 0.2) is 0 Å². The Hall–Kier alpha value is -6.20. The fraction of sp³-hybridized carbons (Fsp3) is 0. The van der Waals surface area contributed by atoms with Crippen molar-refractivity contribution in [3.63, 3.8) is 0 Å². The van der Waals surface area contributed by atoms with Gasteiger partial charge in [0.1, 0.15) is 0 Å². The third-order valence-corrected chi connectivity index (χ3v) is 13.3. The van der Waals surface area contributed by atoms with E-state index in [1.54, 1.807) is 0 Å². The van der Waals surface area contributed by atoms with E-state index in [9.17, 15) is 0 Å². The molecule has 0 bridgehead atoms. The van der Waals surface area contributed by atoms with Gasteiger partial charge in [-0.05, 0) is 72.3 Å². The van der Waals surface area contributed by atoms with Gasteiger partial charge in [0.05, 0.1) is 22.1 Å². The molecule has 242 valence electrons. The maximum Gasteiger partial charge on any atom is 0.0548 e. The molecule has 52 heavy (non-hydrogen) atoms. The topological polar surface area (TPSA) is 9.86 Å². The summed E-state index contributed by atoms with van der Waals surface area (Å²) in [7, 11) is 0. The van der Waals surface area contributed by atoms with Crippen LogP contribution in [0.1, 0.15) is 0 Å². The normalized spacial score (nSPS) is 12.2. The highest BCUT2D eigenvalue weighted by Crippen LogP contribution is 2.47. The Morgan fingerprint density at radius 1 is 0.308 bits per heavy atom. The zero-order valence-electron chi connectivity index (χ0n) is 27.9. The summed E-state index contributed by atoms with van der Waals surface area (Å²) in [5, 5.41) is 10.5. The van der Waals surface area contributed by atoms with Crippen LogP contribution in [0.2, 0.25) is 0 Å². The highest BCUT2D eigenvalue weighted by Gasteiger charge is 2.21. The average Bonchev–Trinajstić information content (AvgIpc) is 3.95. The van der Waals surface area contributed by atoms with Gasteiger partial charge in [-0.1, -0.05) is 103 Å². The molecule has 0 atom stereocenters. The Kier molecular flexibility index (Phi) is 5.84. The molecule has 0 amide bonds. The molecule has 0 aliphatic carbocycles. The summed E-state index contributed by atoms with van der Waals surface area (Å²) >= 11 is 3.79. The molecule has 0 radical (unpaired) electrons. The molecule has 0 spiro atoms. The maximum absolute atomic E-state index is 2.48. The third kappa shape index (κ3) is 3.83. The van der Waals surface area contributed by atoms with Gasteiger partial charge in [-0.2, -0.15) is 0 Å². The van der Waals surface area contributed by atoms with E-state index in [0.29, 0.717) is 0 Å². The largest absolute Gasteiger partial charge is 0.309 e. The molecule has 0 aliphatic heterocycles. The van der Waals surface area contributed by atoms with Crippen LogP contribution in [0.25, 0.3) is 106 Å². The Morgan fingerprint density at radius 3 is 1.65 bits per heavy atom. The van der Waals surface area contributed by atoms with Crippen LogP contribution in [0.3, 0.4) is 0 Å². The van der Waals surface area contributed by atoms with E-state index in [-0.39, 0.29) is 0 Å². The Balaban J connectivity index is 1.12. The molecule has 4 aromatic heterocycles. The smallest absolute Gasteiger partial charge is 0.0548 e. The van der Waals surface area contributed by atoms with Crippen molar-refractivity contribution in [2.75, 3.05) is 0 Å². The Bertz CT molecular complexity index is 3410. The molecular formula is C48H28N2S2. The Morgan fingerprint density at radius 2 is 0.885 bits per heavy atom. The lowest BCUT2D eigenvalue weighted by Crippen LogP contribution is -1.94. The third-order valence-electron chi connectivity index (χ3n) is 10.9. The van der Waals surface area contributed by atoms with Crippen LogP contribution in [0.4, 0.5) is 0 Å². The monoisotopic (exact) mass is 696 g/mol. The van der Waals surface area contributed by atoms with Crippen LogP contribution < -0.4 is 0 Å². The fourth-order valence-corrected chi connectivity index (χ4v) is 11.1. The van der Waals surface area contributed by atoms with Crippen molar-refractivity contribution in [2.45, 2.75) is 0 Å². The van der Waals surface area contributed by atoms with Gasteiger partial charge >= 0.3 is 0 Å². The van der Waals surface area contributed by atoms with Crippen molar-refractivity contribution in [1.29, 1.82) is 0 Å². The number of fused-ring (bicyclic) bond motifs is 13. The quantitative estimate of drug-likeness (QED) is 0.174. The highest BCUT2D eigenvalue weighted by molar-refractivity contribution is 7.26. The number of rotatable bonds is 3. The van der Waals surface area contributed by atoms with Crippen LogP contribution in [0.5, 0.6) is 0 Å². The van der Waals surface area contributed by atoms with Crippen molar-refractivity contribution < 1.29 is 0 Å². The predicted octanol–water partition coefficient (Wildman–Crippen LogP) is 14.3. The van der Waals surface area contributed by atoms with E-state index >= 15 is 0 Å². The van der Waals surface area contributed by atoms with E-state index in [1.807, 2.05) is 22.7 Å². The molecule has 0 saturated heterocycles. The summed E-state index contributed by atoms with van der Waals surface area (Å²) in [6, 6.07) is 62.7. The van der Waals surface area contributed by atoms with Crippen molar-refractivity contribution in [2.24, 2.45) is 0 Å². The van der Waals surface area contributed by atoms with Crippen LogP contribution >= 0.6 is 22.7 Å². The van der Waals surface area contributed by atoms with Crippen LogP contribution in [-0.2, 0) is 0 Å². The Labute approximate surface area is 306 Å². The van der Waals surface area contributed by atoms with Crippen LogP contribution in [-0.4, -0.2) is 9.13 Å². The SMILES string of the molecule is c1ccc(-n2c3ccccc3c3c4c5ccccc5n(-c5ccc6sc7c(-c8cccc9sc%10ccccc%10c89)cccc7c6c5)c4ccc32)cc1. The minimum Gasteiger partial charge on any atom is -0.309 e. The molecule has 8 aromatic carbocycles. The number of thiophene rings is 2. The van der Waals surface area contributed by atoms with Gasteiger partial charge in [-0.15, -0.1) is 22.7 Å². The first-order valence-electron chi connectivity index (χ1n) is 17.7. The van der Waals surface area contributed by atoms with Gasteiger partial charge in [0, 0.05) is 78.8 Å². The van der Waals surface area contributed by atoms with Gasteiger partial charge in [-0.25, -0.2) is 0 Å². The van der Waals surface area contributed by atoms with Gasteiger partial charge in [-0.3, -0.25) is 0 Å². The number of hydrogen-bond acceptors (Lipinski definition) is 2. The van der Waals surface area contributed by atoms with Gasteiger partial charge in [0.2, 0.25) is 0 Å². The number of nitrogens with zero attached hydrogens (tertiary/aromatic N) is 2. The molecule has 12 aromatic rings. The highest BCUT2D eigenvalue weighted by atomic mass is 32.1. The summed E-state index contributed by atoms with van der Waals surface area (Å²) < 4.78 is 10.2. The molecule has 4 heteroatoms. The zero-order valence-corrected chi connectivity index (χ0v) is 29.5. The molecular weight excluding hydrogens is 669 g/mol. The molecule has 12 rings (SSSR count). The maximum atomic E-state index is 2.48. The summed E-state index contributed by atoms with van der Waals surface area (Å²) in [4.78, 5) is 0. The molecule has 4 heterocycles. The van der Waals surface area contributed by atoms with Gasteiger partial charge < -0.3 is 9.13 Å². The number of aromatic nitrogens is 2. The summed E-state index contributed by atoms with van der Waals surface area (Å²) in [6.07, 6.45) is 0. The average molecular weight is 697 g/mol. The predicted molar refractivity (Wildman–Crippen MR) is 226 cm³/mol. The number of benzene rings is 8. The van der Waals surface area contributed by atoms with E-state index in [0.717, 1.165) is 0 Å². The number of hydrogen-bond donors (Lipinski definition) is 0. The summed E-state index contributed by atoms with van der Waals surface area (Å²) in [5.41, 5.74) is 9.87. The standard InChI is InChI=1S/C48H28N2S2/c1-2-12-29(13-3-1)49-38-20-7-4-14-34(38)46-40(49)25-26-41-47(46)35-15-5-8-21-39(35)50(41)30-24-27-43-37(28-30)33-19-10-18-32(48(33)52-43)31-17-11-23-44-45(31)36-16-6-9-22-42(36)51-44/h1-28H. The molecule has 0 N–H and O–H groups in total. The van der Waals surface area contributed by atoms with Crippen LogP contribution in [0, 0.1) is 0 Å². The summed E-state index contributed by atoms with van der Waals surface area (Å²) in [5.74, 6) is 0. The first-order chi connectivity index (χ1) is 25.8. The van der Waals surface area contributed by atoms with Gasteiger partial charge in [0.25, 0.3) is 0 Å². The number of para-hydroxylation sites is 3. The minimum atomic E-state index is 1.18. The lowest BCUT2D eigenvalue weighted by atomic mass is 9.98. The second kappa shape index (κ2) is 10.7. The second-order valence-corrected chi connectivity index (χ2v) is 15.8. The van der Waals surface area contributed by atoms with Crippen molar-refractivity contribution in [1.82, 2.24) is 9.13 Å². The first kappa shape index (κ1) is 28.5. The minimum absolute atomic E-state index is 1.18. The van der Waals surface area contributed by atoms with Crippen LogP contribution in [0.15, 0.2) is 170 Å². The second-order valence-electron chi connectivity index (χ2n) is 13.6. The van der Waals surface area contributed by atoms with E-state index in [4.69, 9.17) is 0 Å². The molecule has 0 fully saturated rings. The summed E-state index contributed by atoms with van der Waals surface area (Å²) in [6.45, 7) is 0. The van der Waals surface area contributed by atoms with Crippen molar-refractivity contribution in [3.05, 3.63) is 170 Å². The molecule has 0 aliphatic rings. The zero-order chi connectivity index (χ0) is 33.9. The molecule has 2 nitrogen and oxygen atoms in total. The first-order valence-corrected chi connectivity index (χ1v) is 19.3. The van der Waals surface area contributed by atoms with Crippen molar-refractivity contribution >= 4 is 107 Å². The van der Waals surface area contributed by atoms with E-state index in [2.05, 4.69) is 179 Å². The lowest BCUT2D eigenvalue weighted by Gasteiger charge is -2.10. The fourth-order valence-electron chi connectivity index (χ4n) is 8.79. The van der Waals surface area contributed by atoms with E-state index < -0.39 is 0 Å². The lowest BCUT2D eigenvalue weighted by molar-refractivity contribution is 1.17. The van der Waals surface area contributed by atoms with Crippen molar-refractivity contribution in [3.8, 4) is 22.5 Å². The molecule has 0 unspecified atom stereocenters. The molecule has 0 saturated carbocycles. The van der Waals surface area contributed by atoms with E-state index in [1.165, 1.54) is 106 Å².